The van der Waals surface area contributed by atoms with Gasteiger partial charge in [-0.15, -0.1) is 0 Å². The van der Waals surface area contributed by atoms with Crippen LogP contribution < -0.4 is 10.9 Å². The van der Waals surface area contributed by atoms with Gasteiger partial charge in [-0.1, -0.05) is 0 Å². The van der Waals surface area contributed by atoms with Crippen LogP contribution in [0, 0.1) is 13.8 Å². The Kier molecular flexibility index (Phi) is 3.62. The molecule has 2 heterocycles. The van der Waals surface area contributed by atoms with Crippen molar-refractivity contribution in [2.75, 3.05) is 0 Å². The molecule has 0 atom stereocenters. The second kappa shape index (κ2) is 5.18. The Morgan fingerprint density at radius 3 is 2.83 bits per heavy atom. The first-order chi connectivity index (χ1) is 8.58. The van der Waals surface area contributed by atoms with E-state index in [0.29, 0.717) is 11.1 Å². The van der Waals surface area contributed by atoms with Gasteiger partial charge in [-0.05, 0) is 36.9 Å². The van der Waals surface area contributed by atoms with E-state index in [1.165, 1.54) is 11.3 Å². The van der Waals surface area contributed by atoms with E-state index in [4.69, 9.17) is 0 Å². The predicted octanol–water partition coefficient (Wildman–Crippen LogP) is 1.98. The Bertz CT molecular complexity index is 614. The molecule has 0 unspecified atom stereocenters. The van der Waals surface area contributed by atoms with E-state index in [1.807, 2.05) is 25.3 Å². The predicted molar refractivity (Wildman–Crippen MR) is 72.0 cm³/mol. The van der Waals surface area contributed by atoms with Crippen molar-refractivity contribution in [1.29, 1.82) is 0 Å². The fourth-order valence-corrected chi connectivity index (χ4v) is 2.40. The van der Waals surface area contributed by atoms with Crippen LogP contribution in [0.2, 0.25) is 0 Å². The molecule has 18 heavy (non-hydrogen) atoms. The van der Waals surface area contributed by atoms with Gasteiger partial charge in [-0.25, -0.2) is 0 Å². The van der Waals surface area contributed by atoms with Crippen molar-refractivity contribution in [1.82, 2.24) is 10.3 Å². The minimum absolute atomic E-state index is 0.141. The zero-order chi connectivity index (χ0) is 13.1. The summed E-state index contributed by atoms with van der Waals surface area (Å²) in [6.45, 7) is 3.95. The fourth-order valence-electron chi connectivity index (χ4n) is 1.77. The topological polar surface area (TPSA) is 62.0 Å². The third kappa shape index (κ3) is 2.68. The second-order valence-corrected chi connectivity index (χ2v) is 4.92. The van der Waals surface area contributed by atoms with Gasteiger partial charge in [0.05, 0.1) is 0 Å². The average Bonchev–Trinajstić information content (AvgIpc) is 2.80. The summed E-state index contributed by atoms with van der Waals surface area (Å²) < 4.78 is 0. The van der Waals surface area contributed by atoms with E-state index in [2.05, 4.69) is 10.3 Å². The first kappa shape index (κ1) is 12.6. The molecule has 0 aliphatic rings. The van der Waals surface area contributed by atoms with Crippen LogP contribution in [0.5, 0.6) is 0 Å². The summed E-state index contributed by atoms with van der Waals surface area (Å²) in [6.07, 6.45) is 0. The molecule has 0 bridgehead atoms. The number of pyridine rings is 1. The van der Waals surface area contributed by atoms with Gasteiger partial charge in [0.2, 0.25) is 0 Å². The summed E-state index contributed by atoms with van der Waals surface area (Å²) in [6, 6.07) is 3.65. The number of amides is 1. The van der Waals surface area contributed by atoms with Crippen LogP contribution in [0.25, 0.3) is 0 Å². The molecule has 4 nitrogen and oxygen atoms in total. The summed E-state index contributed by atoms with van der Waals surface area (Å²) in [5.41, 5.74) is 2.80. The van der Waals surface area contributed by atoms with Gasteiger partial charge in [-0.2, -0.15) is 11.3 Å². The smallest absolute Gasteiger partial charge is 0.253 e. The van der Waals surface area contributed by atoms with E-state index >= 15 is 0 Å². The zero-order valence-electron chi connectivity index (χ0n) is 10.2. The average molecular weight is 262 g/mol. The number of rotatable bonds is 3. The molecule has 0 saturated heterocycles. The highest BCUT2D eigenvalue weighted by atomic mass is 32.1. The minimum Gasteiger partial charge on any atom is -0.348 e. The van der Waals surface area contributed by atoms with Gasteiger partial charge in [0.25, 0.3) is 11.5 Å². The molecule has 2 aromatic rings. The standard InChI is InChI=1S/C13H14N2O2S/c1-8-5-9(2)15-13(17)11(8)6-14-12(16)10-3-4-18-7-10/h3-5,7H,6H2,1-2H3,(H,14,16)(H,15,17). The number of hydrogen-bond donors (Lipinski definition) is 2. The molecule has 0 aliphatic carbocycles. The van der Waals surface area contributed by atoms with Crippen LogP contribution in [0.1, 0.15) is 27.2 Å². The van der Waals surface area contributed by atoms with Crippen LogP contribution >= 0.6 is 11.3 Å². The lowest BCUT2D eigenvalue weighted by Gasteiger charge is -2.07. The van der Waals surface area contributed by atoms with Gasteiger partial charge in [0.1, 0.15) is 0 Å². The van der Waals surface area contributed by atoms with Crippen LogP contribution in [0.4, 0.5) is 0 Å². The van der Waals surface area contributed by atoms with Gasteiger partial charge in [0.15, 0.2) is 0 Å². The van der Waals surface area contributed by atoms with E-state index in [-0.39, 0.29) is 18.0 Å². The first-order valence-corrected chi connectivity index (χ1v) is 6.52. The molecule has 2 aromatic heterocycles. The largest absolute Gasteiger partial charge is 0.348 e. The molecule has 0 saturated carbocycles. The Hall–Kier alpha value is -1.88. The number of aromatic amines is 1. The third-order valence-electron chi connectivity index (χ3n) is 2.70. The maximum atomic E-state index is 11.8. The highest BCUT2D eigenvalue weighted by Crippen LogP contribution is 2.07. The van der Waals surface area contributed by atoms with Crippen molar-refractivity contribution in [3.8, 4) is 0 Å². The molecule has 0 fully saturated rings. The maximum absolute atomic E-state index is 11.8. The minimum atomic E-state index is -0.157. The summed E-state index contributed by atoms with van der Waals surface area (Å²) in [7, 11) is 0. The summed E-state index contributed by atoms with van der Waals surface area (Å²) in [5.74, 6) is -0.157. The Labute approximate surface area is 109 Å². The normalized spacial score (nSPS) is 10.3. The lowest BCUT2D eigenvalue weighted by Crippen LogP contribution is -2.27. The highest BCUT2D eigenvalue weighted by molar-refractivity contribution is 7.08. The van der Waals surface area contributed by atoms with Gasteiger partial charge in [0, 0.05) is 28.7 Å². The monoisotopic (exact) mass is 262 g/mol. The van der Waals surface area contributed by atoms with E-state index in [1.54, 1.807) is 11.4 Å². The van der Waals surface area contributed by atoms with Crippen LogP contribution in [0.15, 0.2) is 27.7 Å². The number of carbonyl (C=O) groups excluding carboxylic acids is 1. The van der Waals surface area contributed by atoms with Crippen molar-refractivity contribution < 1.29 is 4.79 Å². The molecular formula is C13H14N2O2S. The van der Waals surface area contributed by atoms with Crippen LogP contribution in [-0.4, -0.2) is 10.9 Å². The third-order valence-corrected chi connectivity index (χ3v) is 3.39. The summed E-state index contributed by atoms with van der Waals surface area (Å²) in [4.78, 5) is 26.2. The van der Waals surface area contributed by atoms with E-state index < -0.39 is 0 Å². The molecule has 0 spiro atoms. The van der Waals surface area contributed by atoms with Crippen LogP contribution in [0.3, 0.4) is 0 Å². The van der Waals surface area contributed by atoms with Gasteiger partial charge < -0.3 is 10.3 Å². The van der Waals surface area contributed by atoms with Gasteiger partial charge >= 0.3 is 0 Å². The molecule has 0 radical (unpaired) electrons. The second-order valence-electron chi connectivity index (χ2n) is 4.14. The highest BCUT2D eigenvalue weighted by Gasteiger charge is 2.09. The Morgan fingerprint density at radius 2 is 2.22 bits per heavy atom. The fraction of sp³-hybridized carbons (Fsp3) is 0.231. The number of H-pyrrole nitrogens is 1. The lowest BCUT2D eigenvalue weighted by molar-refractivity contribution is 0.0951. The quantitative estimate of drug-likeness (QED) is 0.888. The Morgan fingerprint density at radius 1 is 1.44 bits per heavy atom. The SMILES string of the molecule is Cc1cc(C)c(CNC(=O)c2ccsc2)c(=O)[nH]1. The van der Waals surface area contributed by atoms with Crippen LogP contribution in [-0.2, 0) is 6.54 Å². The number of nitrogens with one attached hydrogen (secondary N) is 2. The molecular weight excluding hydrogens is 248 g/mol. The molecule has 94 valence electrons. The van der Waals surface area contributed by atoms with E-state index in [0.717, 1.165) is 11.3 Å². The molecule has 0 aromatic carbocycles. The summed E-state index contributed by atoms with van der Waals surface area (Å²) >= 11 is 1.47. The number of thiophene rings is 1. The van der Waals surface area contributed by atoms with Gasteiger partial charge in [-0.3, -0.25) is 9.59 Å². The van der Waals surface area contributed by atoms with Crippen molar-refractivity contribution >= 4 is 17.2 Å². The van der Waals surface area contributed by atoms with Crippen molar-refractivity contribution in [3.63, 3.8) is 0 Å². The number of aromatic nitrogens is 1. The molecule has 5 heteroatoms. The van der Waals surface area contributed by atoms with Crippen molar-refractivity contribution in [2.24, 2.45) is 0 Å². The maximum Gasteiger partial charge on any atom is 0.253 e. The number of aryl methyl sites for hydroxylation is 2. The van der Waals surface area contributed by atoms with Crippen molar-refractivity contribution in [3.05, 3.63) is 55.6 Å². The molecule has 2 rings (SSSR count). The van der Waals surface area contributed by atoms with E-state index in [9.17, 15) is 9.59 Å². The summed E-state index contributed by atoms with van der Waals surface area (Å²) in [5, 5.41) is 6.38. The van der Waals surface area contributed by atoms with Crippen molar-refractivity contribution in [2.45, 2.75) is 20.4 Å². The molecule has 1 amide bonds. The first-order valence-electron chi connectivity index (χ1n) is 5.57. The lowest BCUT2D eigenvalue weighted by atomic mass is 10.1. The number of hydrogen-bond acceptors (Lipinski definition) is 3. The zero-order valence-corrected chi connectivity index (χ0v) is 11.1. The number of carbonyl (C=O) groups is 1. The molecule has 0 aliphatic heterocycles. The molecule has 2 N–H and O–H groups in total. The Balaban J connectivity index is 2.12.